The van der Waals surface area contributed by atoms with Crippen molar-refractivity contribution in [3.05, 3.63) is 17.0 Å². The van der Waals surface area contributed by atoms with Crippen molar-refractivity contribution in [2.24, 2.45) is 4.99 Å². The first-order valence-corrected chi connectivity index (χ1v) is 10.6. The van der Waals surface area contributed by atoms with Gasteiger partial charge in [-0.25, -0.2) is 4.99 Å². The highest BCUT2D eigenvalue weighted by molar-refractivity contribution is 5.79. The molecule has 1 heterocycles. The normalized spacial score (nSPS) is 12.5. The highest BCUT2D eigenvalue weighted by Gasteiger charge is 2.13. The van der Waals surface area contributed by atoms with Crippen LogP contribution in [-0.4, -0.2) is 66.1 Å². The van der Waals surface area contributed by atoms with Gasteiger partial charge in [-0.15, -0.1) is 0 Å². The molecule has 0 unspecified atom stereocenters. The zero-order chi connectivity index (χ0) is 21.1. The average Bonchev–Trinajstić information content (AvgIpc) is 2.90. The molecule has 0 radical (unpaired) electrons. The van der Waals surface area contributed by atoms with Crippen LogP contribution in [0.4, 0.5) is 0 Å². The standard InChI is InChI=1S/C21H42N6O/c1-9-22-21(23-11-10-12-26(16(2)3)17(4)5)24-15-20-18(6)25-27(19(20)7)13-14-28-8/h16-17H,9-15H2,1-8H3,(H2,22,23,24). The number of guanidine groups is 1. The van der Waals surface area contributed by atoms with Crippen LogP contribution in [0.2, 0.25) is 0 Å². The van der Waals surface area contributed by atoms with Crippen molar-refractivity contribution < 1.29 is 4.74 Å². The van der Waals surface area contributed by atoms with Crippen molar-refractivity contribution in [3.8, 4) is 0 Å². The van der Waals surface area contributed by atoms with Crippen LogP contribution in [0.1, 0.15) is 58.0 Å². The highest BCUT2D eigenvalue weighted by Crippen LogP contribution is 2.14. The van der Waals surface area contributed by atoms with Crippen molar-refractivity contribution in [1.29, 1.82) is 0 Å². The first-order chi connectivity index (χ1) is 13.3. The van der Waals surface area contributed by atoms with Crippen LogP contribution < -0.4 is 10.6 Å². The Bertz CT molecular complexity index is 586. The molecule has 0 saturated heterocycles. The molecule has 0 atom stereocenters. The van der Waals surface area contributed by atoms with Crippen LogP contribution in [0.15, 0.2) is 4.99 Å². The predicted molar refractivity (Wildman–Crippen MR) is 118 cm³/mol. The number of methoxy groups -OCH3 is 1. The second-order valence-corrected chi connectivity index (χ2v) is 7.77. The van der Waals surface area contributed by atoms with Gasteiger partial charge in [-0.3, -0.25) is 9.58 Å². The molecule has 0 fully saturated rings. The Morgan fingerprint density at radius 1 is 1.18 bits per heavy atom. The van der Waals surface area contributed by atoms with Gasteiger partial charge < -0.3 is 15.4 Å². The van der Waals surface area contributed by atoms with E-state index in [1.165, 1.54) is 11.3 Å². The summed E-state index contributed by atoms with van der Waals surface area (Å²) >= 11 is 0. The summed E-state index contributed by atoms with van der Waals surface area (Å²) < 4.78 is 7.18. The van der Waals surface area contributed by atoms with Crippen molar-refractivity contribution in [1.82, 2.24) is 25.3 Å². The van der Waals surface area contributed by atoms with Gasteiger partial charge in [0.05, 0.1) is 25.4 Å². The lowest BCUT2D eigenvalue weighted by atomic mass is 10.2. The molecule has 7 nitrogen and oxygen atoms in total. The number of ether oxygens (including phenoxy) is 1. The molecule has 0 aromatic carbocycles. The summed E-state index contributed by atoms with van der Waals surface area (Å²) in [4.78, 5) is 7.30. The maximum atomic E-state index is 5.17. The third-order valence-electron chi connectivity index (χ3n) is 4.99. The van der Waals surface area contributed by atoms with Gasteiger partial charge in [0.1, 0.15) is 0 Å². The lowest BCUT2D eigenvalue weighted by Gasteiger charge is -2.30. The van der Waals surface area contributed by atoms with Crippen LogP contribution in [0.25, 0.3) is 0 Å². The number of aromatic nitrogens is 2. The molecule has 0 bridgehead atoms. The summed E-state index contributed by atoms with van der Waals surface area (Å²) in [6.07, 6.45) is 1.09. The van der Waals surface area contributed by atoms with E-state index in [0.717, 1.165) is 44.3 Å². The lowest BCUT2D eigenvalue weighted by molar-refractivity contribution is 0.173. The molecule has 0 aliphatic carbocycles. The number of nitrogens with one attached hydrogen (secondary N) is 2. The van der Waals surface area contributed by atoms with Crippen LogP contribution in [0.5, 0.6) is 0 Å². The number of rotatable bonds is 12. The lowest BCUT2D eigenvalue weighted by Crippen LogP contribution is -2.41. The summed E-state index contributed by atoms with van der Waals surface area (Å²) in [6.45, 7) is 20.2. The first-order valence-electron chi connectivity index (χ1n) is 10.6. The molecule has 0 amide bonds. The van der Waals surface area contributed by atoms with Crippen LogP contribution in [0, 0.1) is 13.8 Å². The number of aliphatic imine (C=N–C) groups is 1. The minimum absolute atomic E-state index is 0.572. The number of nitrogens with zero attached hydrogens (tertiary/aromatic N) is 4. The van der Waals surface area contributed by atoms with E-state index >= 15 is 0 Å². The topological polar surface area (TPSA) is 66.7 Å². The van der Waals surface area contributed by atoms with Gasteiger partial charge in [-0.05, 0) is 54.9 Å². The zero-order valence-electron chi connectivity index (χ0n) is 19.3. The first kappa shape index (κ1) is 24.4. The van der Waals surface area contributed by atoms with E-state index in [0.29, 0.717) is 25.2 Å². The third kappa shape index (κ3) is 7.80. The van der Waals surface area contributed by atoms with Gasteiger partial charge in [-0.2, -0.15) is 5.10 Å². The molecule has 7 heteroatoms. The Morgan fingerprint density at radius 2 is 1.86 bits per heavy atom. The van der Waals surface area contributed by atoms with Gasteiger partial charge in [0, 0.05) is 50.1 Å². The summed E-state index contributed by atoms with van der Waals surface area (Å²) in [5.41, 5.74) is 3.40. The van der Waals surface area contributed by atoms with Gasteiger partial charge in [0.25, 0.3) is 0 Å². The fourth-order valence-electron chi connectivity index (χ4n) is 3.44. The minimum atomic E-state index is 0.572. The van der Waals surface area contributed by atoms with Gasteiger partial charge in [-0.1, -0.05) is 0 Å². The minimum Gasteiger partial charge on any atom is -0.383 e. The molecule has 28 heavy (non-hydrogen) atoms. The largest absolute Gasteiger partial charge is 0.383 e. The maximum Gasteiger partial charge on any atom is 0.191 e. The Morgan fingerprint density at radius 3 is 2.43 bits per heavy atom. The molecule has 1 aromatic rings. The van der Waals surface area contributed by atoms with E-state index in [9.17, 15) is 0 Å². The quantitative estimate of drug-likeness (QED) is 0.324. The fourth-order valence-corrected chi connectivity index (χ4v) is 3.44. The molecule has 0 spiro atoms. The monoisotopic (exact) mass is 394 g/mol. The van der Waals surface area contributed by atoms with Crippen LogP contribution in [-0.2, 0) is 17.8 Å². The fraction of sp³-hybridized carbons (Fsp3) is 0.810. The van der Waals surface area contributed by atoms with Gasteiger partial charge >= 0.3 is 0 Å². The van der Waals surface area contributed by atoms with E-state index in [1.807, 2.05) is 11.6 Å². The number of hydrogen-bond acceptors (Lipinski definition) is 4. The van der Waals surface area contributed by atoms with Crippen LogP contribution >= 0.6 is 0 Å². The molecule has 0 aliphatic heterocycles. The van der Waals surface area contributed by atoms with Gasteiger partial charge in [0.15, 0.2) is 5.96 Å². The second-order valence-electron chi connectivity index (χ2n) is 7.77. The molecule has 0 aliphatic rings. The summed E-state index contributed by atoms with van der Waals surface area (Å²) in [5.74, 6) is 0.867. The molecular weight excluding hydrogens is 352 g/mol. The van der Waals surface area contributed by atoms with E-state index in [2.05, 4.69) is 62.2 Å². The average molecular weight is 395 g/mol. The van der Waals surface area contributed by atoms with Crippen molar-refractivity contribution in [2.75, 3.05) is 33.4 Å². The Labute approximate surface area is 171 Å². The third-order valence-corrected chi connectivity index (χ3v) is 4.99. The summed E-state index contributed by atoms with van der Waals surface area (Å²) in [7, 11) is 1.72. The Balaban J connectivity index is 2.64. The van der Waals surface area contributed by atoms with E-state index in [4.69, 9.17) is 9.73 Å². The maximum absolute atomic E-state index is 5.17. The van der Waals surface area contributed by atoms with E-state index in [-0.39, 0.29) is 0 Å². The molecule has 2 N–H and O–H groups in total. The van der Waals surface area contributed by atoms with Crippen LogP contribution in [0.3, 0.4) is 0 Å². The van der Waals surface area contributed by atoms with Crippen molar-refractivity contribution in [2.45, 2.75) is 80.1 Å². The highest BCUT2D eigenvalue weighted by atomic mass is 16.5. The summed E-state index contributed by atoms with van der Waals surface area (Å²) in [6, 6.07) is 1.14. The molecule has 1 aromatic heterocycles. The molecular formula is C21H42N6O. The van der Waals surface area contributed by atoms with Crippen molar-refractivity contribution >= 4 is 5.96 Å². The second kappa shape index (κ2) is 12.8. The Kier molecular flexibility index (Phi) is 11.2. The van der Waals surface area contributed by atoms with E-state index in [1.54, 1.807) is 7.11 Å². The Hall–Kier alpha value is -1.60. The van der Waals surface area contributed by atoms with Crippen molar-refractivity contribution in [3.63, 3.8) is 0 Å². The summed E-state index contributed by atoms with van der Waals surface area (Å²) in [5, 5.41) is 11.4. The molecule has 0 saturated carbocycles. The predicted octanol–water partition coefficient (Wildman–Crippen LogP) is 2.71. The molecule has 1 rings (SSSR count). The smallest absolute Gasteiger partial charge is 0.191 e. The zero-order valence-corrected chi connectivity index (χ0v) is 19.3. The number of aryl methyl sites for hydroxylation is 1. The van der Waals surface area contributed by atoms with Gasteiger partial charge in [0.2, 0.25) is 0 Å². The number of hydrogen-bond donors (Lipinski definition) is 2. The molecule has 162 valence electrons. The van der Waals surface area contributed by atoms with E-state index < -0.39 is 0 Å². The SMILES string of the molecule is CCNC(=NCc1c(C)nn(CCOC)c1C)NCCCN(C(C)C)C(C)C.